The van der Waals surface area contributed by atoms with E-state index >= 15 is 0 Å². The summed E-state index contributed by atoms with van der Waals surface area (Å²) in [6.07, 6.45) is 2.24. The third-order valence-electron chi connectivity index (χ3n) is 3.40. The number of hydrogen-bond acceptors (Lipinski definition) is 4. The van der Waals surface area contributed by atoms with Gasteiger partial charge in [0.2, 0.25) is 5.91 Å². The topological polar surface area (TPSA) is 66.5 Å². The molecule has 1 aromatic heterocycles. The highest BCUT2D eigenvalue weighted by Gasteiger charge is 2.38. The minimum atomic E-state index is -3.61. The normalized spacial score (nSPS) is 20.9. The van der Waals surface area contributed by atoms with Gasteiger partial charge in [-0.15, -0.1) is 11.3 Å². The molecule has 1 aromatic rings. The first-order chi connectivity index (χ1) is 9.37. The van der Waals surface area contributed by atoms with Crippen molar-refractivity contribution >= 4 is 43.2 Å². The summed E-state index contributed by atoms with van der Waals surface area (Å²) in [7, 11) is -2.07. The second-order valence-electron chi connectivity index (χ2n) is 4.76. The maximum absolute atomic E-state index is 12.7. The summed E-state index contributed by atoms with van der Waals surface area (Å²) >= 11 is 4.54. The summed E-state index contributed by atoms with van der Waals surface area (Å²) in [4.78, 5) is 11.9. The van der Waals surface area contributed by atoms with Crippen molar-refractivity contribution in [2.75, 3.05) is 13.6 Å². The molecule has 5 nitrogen and oxygen atoms in total. The lowest BCUT2D eigenvalue weighted by Crippen LogP contribution is -2.50. The first kappa shape index (κ1) is 15.9. The Kier molecular flexibility index (Phi) is 4.88. The molecule has 1 atom stereocenters. The van der Waals surface area contributed by atoms with Crippen LogP contribution in [-0.4, -0.2) is 38.3 Å². The van der Waals surface area contributed by atoms with Gasteiger partial charge in [-0.2, -0.15) is 4.31 Å². The molecule has 2 rings (SSSR count). The molecule has 2 heterocycles. The van der Waals surface area contributed by atoms with E-state index in [1.165, 1.54) is 22.7 Å². The van der Waals surface area contributed by atoms with E-state index in [0.29, 0.717) is 13.0 Å². The van der Waals surface area contributed by atoms with Crippen LogP contribution < -0.4 is 5.32 Å². The molecule has 112 valence electrons. The van der Waals surface area contributed by atoms with Gasteiger partial charge in [0, 0.05) is 13.6 Å². The van der Waals surface area contributed by atoms with Gasteiger partial charge in [0.1, 0.15) is 10.3 Å². The molecule has 20 heavy (non-hydrogen) atoms. The zero-order valence-corrected chi connectivity index (χ0v) is 14.6. The molecule has 0 bridgehead atoms. The number of rotatable bonds is 3. The number of halogens is 1. The molecule has 1 fully saturated rings. The molecule has 0 aliphatic carbocycles. The Morgan fingerprint density at radius 3 is 2.75 bits per heavy atom. The molecule has 1 saturated heterocycles. The summed E-state index contributed by atoms with van der Waals surface area (Å²) < 4.78 is 27.9. The fraction of sp³-hybridized carbons (Fsp3) is 0.583. The van der Waals surface area contributed by atoms with E-state index in [1.54, 1.807) is 6.07 Å². The fourth-order valence-electron chi connectivity index (χ4n) is 2.30. The van der Waals surface area contributed by atoms with Gasteiger partial charge in [-0.25, -0.2) is 8.42 Å². The van der Waals surface area contributed by atoms with E-state index in [0.717, 1.165) is 22.2 Å². The largest absolute Gasteiger partial charge is 0.358 e. The Bertz CT molecular complexity index is 593. The minimum absolute atomic E-state index is 0.236. The SMILES string of the molecule is CNC(=O)C1CCCCN1S(=O)(=O)c1cc(C)c(Br)s1. The van der Waals surface area contributed by atoms with Crippen molar-refractivity contribution in [3.8, 4) is 0 Å². The Morgan fingerprint density at radius 2 is 2.20 bits per heavy atom. The standard InChI is InChI=1S/C12H17BrN2O3S2/c1-8-7-10(19-11(8)13)20(17,18)15-6-4-3-5-9(15)12(16)14-2/h7,9H,3-6H2,1-2H3,(H,14,16). The van der Waals surface area contributed by atoms with Crippen LogP contribution in [0.1, 0.15) is 24.8 Å². The predicted octanol–water partition coefficient (Wildman–Crippen LogP) is 2.11. The number of carbonyl (C=O) groups is 1. The lowest BCUT2D eigenvalue weighted by atomic mass is 10.0. The second-order valence-corrected chi connectivity index (χ2v) is 9.25. The second kappa shape index (κ2) is 6.13. The number of carbonyl (C=O) groups excluding carboxylic acids is 1. The molecule has 0 spiro atoms. The maximum atomic E-state index is 12.7. The zero-order chi connectivity index (χ0) is 14.9. The van der Waals surface area contributed by atoms with Gasteiger partial charge >= 0.3 is 0 Å². The van der Waals surface area contributed by atoms with Crippen LogP contribution in [0.5, 0.6) is 0 Å². The third kappa shape index (κ3) is 2.93. The number of piperidine rings is 1. The van der Waals surface area contributed by atoms with Gasteiger partial charge in [0.15, 0.2) is 0 Å². The number of thiophene rings is 1. The Balaban J connectivity index is 2.37. The summed E-state index contributed by atoms with van der Waals surface area (Å²) in [5, 5.41) is 2.55. The molecule has 0 aromatic carbocycles. The number of nitrogens with one attached hydrogen (secondary N) is 1. The molecule has 1 unspecified atom stereocenters. The van der Waals surface area contributed by atoms with Crippen LogP contribution in [0.4, 0.5) is 0 Å². The molecule has 1 aliphatic rings. The highest BCUT2D eigenvalue weighted by atomic mass is 79.9. The van der Waals surface area contributed by atoms with Crippen LogP contribution in [0.2, 0.25) is 0 Å². The van der Waals surface area contributed by atoms with Crippen molar-refractivity contribution in [3.63, 3.8) is 0 Å². The van der Waals surface area contributed by atoms with E-state index < -0.39 is 16.1 Å². The zero-order valence-electron chi connectivity index (χ0n) is 11.3. The van der Waals surface area contributed by atoms with Crippen molar-refractivity contribution in [1.82, 2.24) is 9.62 Å². The van der Waals surface area contributed by atoms with E-state index in [9.17, 15) is 13.2 Å². The van der Waals surface area contributed by atoms with Crippen LogP contribution in [0.25, 0.3) is 0 Å². The highest BCUT2D eigenvalue weighted by Crippen LogP contribution is 2.34. The highest BCUT2D eigenvalue weighted by molar-refractivity contribution is 9.11. The molecule has 1 amide bonds. The number of likely N-dealkylation sites (N-methyl/N-ethyl adjacent to an activating group) is 1. The molecular formula is C12H17BrN2O3S2. The molecular weight excluding hydrogens is 364 g/mol. The van der Waals surface area contributed by atoms with E-state index in [2.05, 4.69) is 21.2 Å². The third-order valence-corrected chi connectivity index (χ3v) is 7.89. The van der Waals surface area contributed by atoms with Gasteiger partial charge in [-0.3, -0.25) is 4.79 Å². The van der Waals surface area contributed by atoms with Gasteiger partial charge in [-0.1, -0.05) is 6.42 Å². The lowest BCUT2D eigenvalue weighted by molar-refractivity contribution is -0.125. The number of hydrogen-bond donors (Lipinski definition) is 1. The monoisotopic (exact) mass is 380 g/mol. The van der Waals surface area contributed by atoms with E-state index in [4.69, 9.17) is 0 Å². The first-order valence-electron chi connectivity index (χ1n) is 6.37. The molecule has 0 radical (unpaired) electrons. The van der Waals surface area contributed by atoms with Crippen molar-refractivity contribution in [2.24, 2.45) is 0 Å². The van der Waals surface area contributed by atoms with Crippen LogP contribution in [0, 0.1) is 6.92 Å². The quantitative estimate of drug-likeness (QED) is 0.872. The smallest absolute Gasteiger partial charge is 0.253 e. The maximum Gasteiger partial charge on any atom is 0.253 e. The predicted molar refractivity (Wildman–Crippen MR) is 82.4 cm³/mol. The lowest BCUT2D eigenvalue weighted by Gasteiger charge is -2.32. The molecule has 1 aliphatic heterocycles. The van der Waals surface area contributed by atoms with Crippen molar-refractivity contribution in [1.29, 1.82) is 0 Å². The molecule has 1 N–H and O–H groups in total. The van der Waals surface area contributed by atoms with Crippen molar-refractivity contribution in [3.05, 3.63) is 15.4 Å². The van der Waals surface area contributed by atoms with Crippen LogP contribution >= 0.6 is 27.3 Å². The van der Waals surface area contributed by atoms with Gasteiger partial charge in [0.05, 0.1) is 3.79 Å². The number of aryl methyl sites for hydroxylation is 1. The number of amides is 1. The van der Waals surface area contributed by atoms with Crippen molar-refractivity contribution < 1.29 is 13.2 Å². The average Bonchev–Trinajstić information content (AvgIpc) is 2.78. The molecule has 8 heteroatoms. The van der Waals surface area contributed by atoms with E-state index in [-0.39, 0.29) is 10.1 Å². The average molecular weight is 381 g/mol. The van der Waals surface area contributed by atoms with Gasteiger partial charge in [-0.05, 0) is 47.3 Å². The van der Waals surface area contributed by atoms with Crippen LogP contribution in [0.3, 0.4) is 0 Å². The van der Waals surface area contributed by atoms with Crippen LogP contribution in [0.15, 0.2) is 14.1 Å². The number of sulfonamides is 1. The van der Waals surface area contributed by atoms with E-state index in [1.807, 2.05) is 6.92 Å². The summed E-state index contributed by atoms with van der Waals surface area (Å²) in [5.74, 6) is -0.236. The van der Waals surface area contributed by atoms with Gasteiger partial charge in [0.25, 0.3) is 10.0 Å². The summed E-state index contributed by atoms with van der Waals surface area (Å²) in [6.45, 7) is 2.25. The molecule has 0 saturated carbocycles. The van der Waals surface area contributed by atoms with Crippen LogP contribution in [-0.2, 0) is 14.8 Å². The first-order valence-corrected chi connectivity index (χ1v) is 9.42. The summed E-state index contributed by atoms with van der Waals surface area (Å²) in [5.41, 5.74) is 0.891. The Hall–Kier alpha value is -0.440. The van der Waals surface area contributed by atoms with Gasteiger partial charge < -0.3 is 5.32 Å². The number of nitrogens with zero attached hydrogens (tertiary/aromatic N) is 1. The Morgan fingerprint density at radius 1 is 1.50 bits per heavy atom. The van der Waals surface area contributed by atoms with Crippen molar-refractivity contribution in [2.45, 2.75) is 36.4 Å². The summed E-state index contributed by atoms with van der Waals surface area (Å²) in [6, 6.07) is 1.06. The minimum Gasteiger partial charge on any atom is -0.358 e. The Labute approximate surface area is 131 Å². The fourth-order valence-corrected chi connectivity index (χ4v) is 6.31.